The number of halogens is 2. The van der Waals surface area contributed by atoms with Gasteiger partial charge in [-0.1, -0.05) is 17.3 Å². The summed E-state index contributed by atoms with van der Waals surface area (Å²) < 4.78 is 31.9. The molecular formula is C16H10F2N4O. The van der Waals surface area contributed by atoms with E-state index in [0.29, 0.717) is 17.3 Å². The van der Waals surface area contributed by atoms with Crippen molar-refractivity contribution >= 4 is 10.9 Å². The van der Waals surface area contributed by atoms with Gasteiger partial charge in [-0.05, 0) is 23.8 Å². The van der Waals surface area contributed by atoms with E-state index >= 15 is 0 Å². The number of hydrogen-bond acceptors (Lipinski definition) is 4. The van der Waals surface area contributed by atoms with E-state index in [0.717, 1.165) is 22.5 Å². The molecule has 0 aliphatic heterocycles. The second kappa shape index (κ2) is 5.28. The Kier molecular flexibility index (Phi) is 3.11. The molecule has 0 aliphatic carbocycles. The fourth-order valence-corrected chi connectivity index (χ4v) is 2.43. The van der Waals surface area contributed by atoms with Gasteiger partial charge in [0.15, 0.2) is 5.82 Å². The Hall–Kier alpha value is -3.09. The number of nitrogens with one attached hydrogen (secondary N) is 1. The zero-order valence-electron chi connectivity index (χ0n) is 11.8. The minimum atomic E-state index is -0.631. The molecule has 0 atom stereocenters. The molecule has 0 unspecified atom stereocenters. The molecule has 7 heteroatoms. The van der Waals surface area contributed by atoms with Crippen molar-refractivity contribution in [1.82, 2.24) is 20.3 Å². The van der Waals surface area contributed by atoms with Gasteiger partial charge in [-0.3, -0.25) is 5.10 Å². The summed E-state index contributed by atoms with van der Waals surface area (Å²) in [6, 6.07) is 8.98. The molecule has 0 radical (unpaired) electrons. The van der Waals surface area contributed by atoms with Crippen LogP contribution in [0.2, 0.25) is 0 Å². The van der Waals surface area contributed by atoms with Gasteiger partial charge in [0.05, 0.1) is 17.3 Å². The van der Waals surface area contributed by atoms with Crippen LogP contribution in [0, 0.1) is 11.6 Å². The van der Waals surface area contributed by atoms with Crippen molar-refractivity contribution in [3.63, 3.8) is 0 Å². The van der Waals surface area contributed by atoms with Crippen molar-refractivity contribution in [3.05, 3.63) is 65.6 Å². The second-order valence-corrected chi connectivity index (χ2v) is 5.07. The van der Waals surface area contributed by atoms with Crippen LogP contribution >= 0.6 is 0 Å². The summed E-state index contributed by atoms with van der Waals surface area (Å²) in [7, 11) is 0. The fourth-order valence-electron chi connectivity index (χ4n) is 2.43. The van der Waals surface area contributed by atoms with Gasteiger partial charge in [-0.2, -0.15) is 10.1 Å². The molecule has 2 aromatic carbocycles. The van der Waals surface area contributed by atoms with E-state index in [9.17, 15) is 8.78 Å². The highest BCUT2D eigenvalue weighted by Crippen LogP contribution is 2.26. The number of aromatic amines is 1. The van der Waals surface area contributed by atoms with Crippen molar-refractivity contribution in [2.75, 3.05) is 0 Å². The Morgan fingerprint density at radius 3 is 2.91 bits per heavy atom. The highest BCUT2D eigenvalue weighted by Gasteiger charge is 2.14. The Labute approximate surface area is 129 Å². The van der Waals surface area contributed by atoms with Gasteiger partial charge < -0.3 is 4.52 Å². The van der Waals surface area contributed by atoms with E-state index < -0.39 is 11.6 Å². The fraction of sp³-hybridized carbons (Fsp3) is 0.0625. The maximum absolute atomic E-state index is 13.7. The zero-order chi connectivity index (χ0) is 15.8. The molecule has 4 rings (SSSR count). The lowest BCUT2D eigenvalue weighted by atomic mass is 10.1. The lowest BCUT2D eigenvalue weighted by molar-refractivity contribution is 0.424. The van der Waals surface area contributed by atoms with E-state index in [2.05, 4.69) is 20.3 Å². The third-order valence-electron chi connectivity index (χ3n) is 3.55. The first-order valence-electron chi connectivity index (χ1n) is 6.90. The molecule has 23 heavy (non-hydrogen) atoms. The van der Waals surface area contributed by atoms with Crippen LogP contribution < -0.4 is 0 Å². The van der Waals surface area contributed by atoms with Gasteiger partial charge in [0.2, 0.25) is 0 Å². The number of benzene rings is 2. The van der Waals surface area contributed by atoms with Gasteiger partial charge in [-0.15, -0.1) is 0 Å². The summed E-state index contributed by atoms with van der Waals surface area (Å²) in [5.74, 6) is -0.597. The van der Waals surface area contributed by atoms with E-state index in [1.165, 1.54) is 12.1 Å². The van der Waals surface area contributed by atoms with Crippen LogP contribution in [0.1, 0.15) is 11.4 Å². The first-order valence-corrected chi connectivity index (χ1v) is 6.90. The molecule has 0 fully saturated rings. The third-order valence-corrected chi connectivity index (χ3v) is 3.55. The maximum atomic E-state index is 13.7. The number of fused-ring (bicyclic) bond motifs is 1. The van der Waals surface area contributed by atoms with Crippen LogP contribution in [0.5, 0.6) is 0 Å². The molecule has 2 heterocycles. The van der Waals surface area contributed by atoms with Crippen LogP contribution in [-0.2, 0) is 6.42 Å². The predicted octanol–water partition coefficient (Wildman–Crippen LogP) is 3.48. The molecule has 2 aromatic heterocycles. The summed E-state index contributed by atoms with van der Waals surface area (Å²) in [6.07, 6.45) is 1.80. The number of nitrogens with zero attached hydrogens (tertiary/aromatic N) is 3. The van der Waals surface area contributed by atoms with Crippen molar-refractivity contribution < 1.29 is 13.3 Å². The molecule has 114 valence electrons. The molecule has 1 N–H and O–H groups in total. The van der Waals surface area contributed by atoms with Crippen LogP contribution in [-0.4, -0.2) is 20.3 Å². The quantitative estimate of drug-likeness (QED) is 0.629. The van der Waals surface area contributed by atoms with Gasteiger partial charge in [-0.25, -0.2) is 8.78 Å². The second-order valence-electron chi connectivity index (χ2n) is 5.07. The predicted molar refractivity (Wildman–Crippen MR) is 78.5 cm³/mol. The van der Waals surface area contributed by atoms with Crippen LogP contribution in [0.25, 0.3) is 22.4 Å². The number of aromatic nitrogens is 4. The highest BCUT2D eigenvalue weighted by molar-refractivity contribution is 5.91. The molecule has 0 saturated carbocycles. The standard InChI is InChI=1S/C16H10F2N4O/c17-10-5-4-9(13(18)7-10)6-15-20-16(23-22-15)11-2-1-3-14-12(11)8-19-21-14/h1-5,7-8H,6H2,(H,19,21). The summed E-state index contributed by atoms with van der Waals surface area (Å²) in [6.45, 7) is 0. The summed E-state index contributed by atoms with van der Waals surface area (Å²) in [4.78, 5) is 4.29. The van der Waals surface area contributed by atoms with Crippen molar-refractivity contribution in [2.24, 2.45) is 0 Å². The van der Waals surface area contributed by atoms with Crippen molar-refractivity contribution in [2.45, 2.75) is 6.42 Å². The number of hydrogen-bond donors (Lipinski definition) is 1. The first-order chi connectivity index (χ1) is 11.2. The third kappa shape index (κ3) is 2.46. The number of H-pyrrole nitrogens is 1. The average molecular weight is 312 g/mol. The van der Waals surface area contributed by atoms with Gasteiger partial charge in [0.1, 0.15) is 11.6 Å². The van der Waals surface area contributed by atoms with Gasteiger partial charge >= 0.3 is 0 Å². The number of rotatable bonds is 3. The molecule has 0 spiro atoms. The topological polar surface area (TPSA) is 67.6 Å². The van der Waals surface area contributed by atoms with Crippen molar-refractivity contribution in [3.8, 4) is 11.5 Å². The summed E-state index contributed by atoms with van der Waals surface area (Å²) in [5.41, 5.74) is 1.90. The van der Waals surface area contributed by atoms with Gasteiger partial charge in [0, 0.05) is 17.9 Å². The maximum Gasteiger partial charge on any atom is 0.258 e. The lowest BCUT2D eigenvalue weighted by Crippen LogP contribution is -1.95. The Bertz CT molecular complexity index is 993. The Morgan fingerprint density at radius 2 is 2.04 bits per heavy atom. The molecule has 5 nitrogen and oxygen atoms in total. The van der Waals surface area contributed by atoms with E-state index in [4.69, 9.17) is 4.52 Å². The first kappa shape index (κ1) is 13.6. The summed E-state index contributed by atoms with van der Waals surface area (Å²) in [5, 5.41) is 11.6. The highest BCUT2D eigenvalue weighted by atomic mass is 19.1. The summed E-state index contributed by atoms with van der Waals surface area (Å²) >= 11 is 0. The minimum absolute atomic E-state index is 0.122. The minimum Gasteiger partial charge on any atom is -0.334 e. The molecule has 4 aromatic rings. The van der Waals surface area contributed by atoms with Crippen molar-refractivity contribution in [1.29, 1.82) is 0 Å². The van der Waals surface area contributed by atoms with Gasteiger partial charge in [0.25, 0.3) is 5.89 Å². The smallest absolute Gasteiger partial charge is 0.258 e. The van der Waals surface area contributed by atoms with Crippen LogP contribution in [0.3, 0.4) is 0 Å². The van der Waals surface area contributed by atoms with E-state index in [1.807, 2.05) is 18.2 Å². The SMILES string of the molecule is Fc1ccc(Cc2noc(-c3cccc4[nH]ncc34)n2)c(F)c1. The van der Waals surface area contributed by atoms with E-state index in [1.54, 1.807) is 6.20 Å². The molecule has 0 aliphatic rings. The van der Waals surface area contributed by atoms with Crippen LogP contribution in [0.4, 0.5) is 8.78 Å². The van der Waals surface area contributed by atoms with E-state index in [-0.39, 0.29) is 6.42 Å². The Morgan fingerprint density at radius 1 is 1.13 bits per heavy atom. The molecule has 0 amide bonds. The molecule has 0 bridgehead atoms. The zero-order valence-corrected chi connectivity index (χ0v) is 11.8. The lowest BCUT2D eigenvalue weighted by Gasteiger charge is -1.99. The van der Waals surface area contributed by atoms with Crippen LogP contribution in [0.15, 0.2) is 47.1 Å². The monoisotopic (exact) mass is 312 g/mol. The molecular weight excluding hydrogens is 302 g/mol. The average Bonchev–Trinajstić information content (AvgIpc) is 3.18. The molecule has 0 saturated heterocycles. The Balaban J connectivity index is 1.68. The normalized spacial score (nSPS) is 11.2. The largest absolute Gasteiger partial charge is 0.334 e.